The Morgan fingerprint density at radius 2 is 2.06 bits per heavy atom. The van der Waals surface area contributed by atoms with Crippen LogP contribution in [0.3, 0.4) is 0 Å². The number of hydrogen-bond donors (Lipinski definition) is 1. The molecule has 0 atom stereocenters. The van der Waals surface area contributed by atoms with E-state index >= 15 is 0 Å². The van der Waals surface area contributed by atoms with Crippen LogP contribution < -0.4 is 10.1 Å². The van der Waals surface area contributed by atoms with Crippen molar-refractivity contribution in [1.82, 2.24) is 5.32 Å². The zero-order valence-corrected chi connectivity index (χ0v) is 10.4. The van der Waals surface area contributed by atoms with E-state index in [-0.39, 0.29) is 0 Å². The highest BCUT2D eigenvalue weighted by atomic mass is 16.5. The maximum atomic E-state index is 6.06. The van der Waals surface area contributed by atoms with Gasteiger partial charge in [0, 0.05) is 0 Å². The largest absolute Gasteiger partial charge is 0.493 e. The van der Waals surface area contributed by atoms with Gasteiger partial charge in [0.05, 0.1) is 6.61 Å². The molecule has 92 valence electrons. The van der Waals surface area contributed by atoms with Gasteiger partial charge in [-0.1, -0.05) is 12.1 Å². The van der Waals surface area contributed by atoms with Crippen molar-refractivity contribution in [2.75, 3.05) is 19.7 Å². The van der Waals surface area contributed by atoms with Crippen LogP contribution >= 0.6 is 0 Å². The lowest BCUT2D eigenvalue weighted by atomic mass is 9.99. The molecule has 2 heteroatoms. The van der Waals surface area contributed by atoms with Crippen LogP contribution in [0.2, 0.25) is 0 Å². The molecule has 0 spiro atoms. The third-order valence-corrected chi connectivity index (χ3v) is 4.04. The van der Waals surface area contributed by atoms with Crippen LogP contribution in [0.25, 0.3) is 0 Å². The summed E-state index contributed by atoms with van der Waals surface area (Å²) in [5, 5.41) is 3.40. The van der Waals surface area contributed by atoms with Crippen molar-refractivity contribution in [2.24, 2.45) is 5.92 Å². The molecule has 2 nitrogen and oxygen atoms in total. The first-order chi connectivity index (χ1) is 8.43. The number of hydrogen-bond acceptors (Lipinski definition) is 2. The van der Waals surface area contributed by atoms with E-state index in [1.54, 1.807) is 0 Å². The molecule has 0 unspecified atom stereocenters. The zero-order valence-electron chi connectivity index (χ0n) is 10.4. The van der Waals surface area contributed by atoms with Crippen LogP contribution in [-0.4, -0.2) is 19.7 Å². The Morgan fingerprint density at radius 1 is 1.18 bits per heavy atom. The van der Waals surface area contributed by atoms with Gasteiger partial charge in [0.15, 0.2) is 0 Å². The predicted octanol–water partition coefficient (Wildman–Crippen LogP) is 2.55. The van der Waals surface area contributed by atoms with Crippen molar-refractivity contribution in [3.63, 3.8) is 0 Å². The van der Waals surface area contributed by atoms with E-state index in [9.17, 15) is 0 Å². The van der Waals surface area contributed by atoms with Gasteiger partial charge in [-0.05, 0) is 68.3 Å². The first-order valence-electron chi connectivity index (χ1n) is 6.88. The maximum Gasteiger partial charge on any atom is 0.122 e. The highest BCUT2D eigenvalue weighted by Crippen LogP contribution is 2.30. The summed E-state index contributed by atoms with van der Waals surface area (Å²) in [5.41, 5.74) is 2.98. The molecule has 0 bridgehead atoms. The average Bonchev–Trinajstić information content (AvgIpc) is 2.86. The summed E-state index contributed by atoms with van der Waals surface area (Å²) in [5.74, 6) is 1.90. The minimum Gasteiger partial charge on any atom is -0.493 e. The molecule has 1 aliphatic carbocycles. The van der Waals surface area contributed by atoms with Crippen molar-refractivity contribution >= 4 is 0 Å². The molecule has 1 saturated heterocycles. The minimum absolute atomic E-state index is 0.744. The number of fused-ring (bicyclic) bond motifs is 1. The molecule has 0 aromatic heterocycles. The third-order valence-electron chi connectivity index (χ3n) is 4.04. The Labute approximate surface area is 103 Å². The lowest BCUT2D eigenvalue weighted by Gasteiger charge is -2.23. The Morgan fingerprint density at radius 3 is 2.94 bits per heavy atom. The van der Waals surface area contributed by atoms with Gasteiger partial charge >= 0.3 is 0 Å². The molecular formula is C15H21NO. The second kappa shape index (κ2) is 5.09. The number of ether oxygens (including phenoxy) is 1. The van der Waals surface area contributed by atoms with E-state index in [0.717, 1.165) is 31.4 Å². The number of benzene rings is 1. The summed E-state index contributed by atoms with van der Waals surface area (Å²) < 4.78 is 6.06. The molecule has 0 saturated carbocycles. The fraction of sp³-hybridized carbons (Fsp3) is 0.600. The molecule has 1 fully saturated rings. The van der Waals surface area contributed by atoms with E-state index in [4.69, 9.17) is 4.74 Å². The molecule has 0 radical (unpaired) electrons. The number of piperidine rings is 1. The Kier molecular flexibility index (Phi) is 3.32. The van der Waals surface area contributed by atoms with E-state index in [0.29, 0.717) is 0 Å². The average molecular weight is 231 g/mol. The summed E-state index contributed by atoms with van der Waals surface area (Å²) >= 11 is 0. The summed E-state index contributed by atoms with van der Waals surface area (Å²) in [6.45, 7) is 3.21. The smallest absolute Gasteiger partial charge is 0.122 e. The fourth-order valence-corrected chi connectivity index (χ4v) is 2.98. The third kappa shape index (κ3) is 2.47. The Hall–Kier alpha value is -1.02. The fourth-order valence-electron chi connectivity index (χ4n) is 2.98. The second-order valence-corrected chi connectivity index (χ2v) is 5.25. The van der Waals surface area contributed by atoms with E-state index < -0.39 is 0 Å². The van der Waals surface area contributed by atoms with Gasteiger partial charge in [-0.2, -0.15) is 0 Å². The summed E-state index contributed by atoms with van der Waals surface area (Å²) in [6, 6.07) is 6.53. The van der Waals surface area contributed by atoms with E-state index in [1.807, 2.05) is 0 Å². The SMILES string of the molecule is c1cc2c(c(OCC3CCNCC3)c1)CCC2. The van der Waals surface area contributed by atoms with Crippen LogP contribution in [0.1, 0.15) is 30.4 Å². The van der Waals surface area contributed by atoms with Crippen LogP contribution in [-0.2, 0) is 12.8 Å². The second-order valence-electron chi connectivity index (χ2n) is 5.25. The van der Waals surface area contributed by atoms with Gasteiger partial charge < -0.3 is 10.1 Å². The van der Waals surface area contributed by atoms with Gasteiger partial charge in [-0.25, -0.2) is 0 Å². The summed E-state index contributed by atoms with van der Waals surface area (Å²) in [7, 11) is 0. The summed E-state index contributed by atoms with van der Waals surface area (Å²) in [6.07, 6.45) is 6.25. The molecule has 1 aliphatic heterocycles. The quantitative estimate of drug-likeness (QED) is 0.863. The normalized spacial score (nSPS) is 20.2. The first-order valence-corrected chi connectivity index (χ1v) is 6.88. The molecule has 1 heterocycles. The van der Waals surface area contributed by atoms with Gasteiger partial charge in [-0.15, -0.1) is 0 Å². The Bertz CT molecular complexity index is 383. The van der Waals surface area contributed by atoms with Gasteiger partial charge in [0.1, 0.15) is 5.75 Å². The van der Waals surface area contributed by atoms with Crippen LogP contribution in [0.5, 0.6) is 5.75 Å². The molecular weight excluding hydrogens is 210 g/mol. The lowest BCUT2D eigenvalue weighted by molar-refractivity contribution is 0.214. The van der Waals surface area contributed by atoms with Crippen LogP contribution in [0.4, 0.5) is 0 Å². The van der Waals surface area contributed by atoms with E-state index in [1.165, 1.54) is 43.2 Å². The van der Waals surface area contributed by atoms with Crippen molar-refractivity contribution in [3.05, 3.63) is 29.3 Å². The molecule has 0 amide bonds. The minimum atomic E-state index is 0.744. The van der Waals surface area contributed by atoms with Crippen molar-refractivity contribution in [2.45, 2.75) is 32.1 Å². The van der Waals surface area contributed by atoms with Crippen LogP contribution in [0, 0.1) is 5.92 Å². The maximum absolute atomic E-state index is 6.06. The molecule has 1 aromatic carbocycles. The van der Waals surface area contributed by atoms with Crippen LogP contribution in [0.15, 0.2) is 18.2 Å². The van der Waals surface area contributed by atoms with Crippen molar-refractivity contribution in [1.29, 1.82) is 0 Å². The predicted molar refractivity (Wildman–Crippen MR) is 69.6 cm³/mol. The number of rotatable bonds is 3. The molecule has 2 aliphatic rings. The van der Waals surface area contributed by atoms with Crippen molar-refractivity contribution in [3.8, 4) is 5.75 Å². The number of nitrogens with one attached hydrogen (secondary N) is 1. The van der Waals surface area contributed by atoms with E-state index in [2.05, 4.69) is 23.5 Å². The summed E-state index contributed by atoms with van der Waals surface area (Å²) in [4.78, 5) is 0. The van der Waals surface area contributed by atoms with Gasteiger partial charge in [-0.3, -0.25) is 0 Å². The lowest BCUT2D eigenvalue weighted by Crippen LogP contribution is -2.30. The van der Waals surface area contributed by atoms with Gasteiger partial charge in [0.25, 0.3) is 0 Å². The van der Waals surface area contributed by atoms with Crippen molar-refractivity contribution < 1.29 is 4.74 Å². The molecule has 1 aromatic rings. The molecule has 1 N–H and O–H groups in total. The Balaban J connectivity index is 1.63. The number of aryl methyl sites for hydroxylation is 1. The highest BCUT2D eigenvalue weighted by molar-refractivity contribution is 5.42. The monoisotopic (exact) mass is 231 g/mol. The molecule has 3 rings (SSSR count). The standard InChI is InChI=1S/C15H21NO/c1-3-13-4-2-6-15(14(13)5-1)17-11-12-7-9-16-10-8-12/h2,4,6,12,16H,1,3,5,7-11H2. The first kappa shape index (κ1) is 11.1. The molecule has 17 heavy (non-hydrogen) atoms. The van der Waals surface area contributed by atoms with Gasteiger partial charge in [0.2, 0.25) is 0 Å². The highest BCUT2D eigenvalue weighted by Gasteiger charge is 2.17. The zero-order chi connectivity index (χ0) is 11.5. The topological polar surface area (TPSA) is 21.3 Å².